The predicted octanol–water partition coefficient (Wildman–Crippen LogP) is 4.90. The average molecular weight is 420 g/mol. The van der Waals surface area contributed by atoms with Gasteiger partial charge in [-0.15, -0.1) is 0 Å². The van der Waals surface area contributed by atoms with Crippen molar-refractivity contribution in [3.8, 4) is 5.69 Å². The minimum Gasteiger partial charge on any atom is -0.265 e. The van der Waals surface area contributed by atoms with Gasteiger partial charge in [-0.3, -0.25) is 4.79 Å². The summed E-state index contributed by atoms with van der Waals surface area (Å²) in [4.78, 5) is 13.1. The lowest BCUT2D eigenvalue weighted by Crippen LogP contribution is -2.26. The van der Waals surface area contributed by atoms with Crippen LogP contribution in [0.25, 0.3) is 16.6 Å². The van der Waals surface area contributed by atoms with Gasteiger partial charge in [-0.1, -0.05) is 46.9 Å². The van der Waals surface area contributed by atoms with Gasteiger partial charge < -0.3 is 0 Å². The molecule has 0 amide bonds. The lowest BCUT2D eigenvalue weighted by molar-refractivity contribution is 0.635. The highest BCUT2D eigenvalue weighted by atomic mass is 35.5. The molecule has 0 spiro atoms. The van der Waals surface area contributed by atoms with Gasteiger partial charge in [0, 0.05) is 20.5 Å². The quantitative estimate of drug-likeness (QED) is 0.474. The minimum atomic E-state index is -0.265. The van der Waals surface area contributed by atoms with Crippen molar-refractivity contribution in [2.45, 2.75) is 13.5 Å². The molecule has 5 nitrogen and oxygen atoms in total. The first-order chi connectivity index (χ1) is 12.9. The van der Waals surface area contributed by atoms with Gasteiger partial charge >= 0.3 is 0 Å². The van der Waals surface area contributed by atoms with E-state index in [-0.39, 0.29) is 12.1 Å². The first-order valence-electron chi connectivity index (χ1n) is 8.09. The average Bonchev–Trinajstić information content (AvgIpc) is 3.07. The van der Waals surface area contributed by atoms with Crippen molar-refractivity contribution in [3.05, 3.63) is 85.3 Å². The molecule has 0 bridgehead atoms. The Morgan fingerprint density at radius 3 is 2.56 bits per heavy atom. The molecule has 0 N–H and O–H groups in total. The van der Waals surface area contributed by atoms with Crippen molar-refractivity contribution >= 4 is 45.7 Å². The van der Waals surface area contributed by atoms with Gasteiger partial charge in [0.2, 0.25) is 0 Å². The van der Waals surface area contributed by atoms with E-state index in [1.165, 1.54) is 4.68 Å². The lowest BCUT2D eigenvalue weighted by Gasteiger charge is -2.10. The van der Waals surface area contributed by atoms with Crippen molar-refractivity contribution < 1.29 is 0 Å². The van der Waals surface area contributed by atoms with Crippen LogP contribution in [0.5, 0.6) is 0 Å². The molecule has 8 heteroatoms. The van der Waals surface area contributed by atoms with Crippen LogP contribution in [0.2, 0.25) is 15.1 Å². The smallest absolute Gasteiger partial charge is 0.265 e. The zero-order valence-electron chi connectivity index (χ0n) is 14.2. The number of rotatable bonds is 3. The summed E-state index contributed by atoms with van der Waals surface area (Å²) in [6.07, 6.45) is 1.64. The number of hydrogen-bond donors (Lipinski definition) is 0. The maximum Gasteiger partial charge on any atom is 0.293 e. The van der Waals surface area contributed by atoms with Gasteiger partial charge in [0.25, 0.3) is 5.56 Å². The van der Waals surface area contributed by atoms with Crippen molar-refractivity contribution in [2.75, 3.05) is 0 Å². The molecule has 0 saturated carbocycles. The Hall–Kier alpha value is -2.34. The third kappa shape index (κ3) is 3.34. The number of aryl methyl sites for hydroxylation is 1. The van der Waals surface area contributed by atoms with Crippen LogP contribution in [-0.4, -0.2) is 19.6 Å². The van der Waals surface area contributed by atoms with E-state index in [1.54, 1.807) is 41.2 Å². The molecular formula is C19H13Cl3N4O. The van der Waals surface area contributed by atoms with Crippen LogP contribution in [0.3, 0.4) is 0 Å². The van der Waals surface area contributed by atoms with Gasteiger partial charge in [0.15, 0.2) is 0 Å². The Bertz CT molecular complexity index is 1230. The maximum absolute atomic E-state index is 13.1. The molecular weight excluding hydrogens is 407 g/mol. The largest absolute Gasteiger partial charge is 0.293 e. The van der Waals surface area contributed by atoms with Crippen molar-refractivity contribution in [1.82, 2.24) is 19.6 Å². The molecule has 0 fully saturated rings. The van der Waals surface area contributed by atoms with Crippen LogP contribution in [0.15, 0.2) is 53.5 Å². The summed E-state index contributed by atoms with van der Waals surface area (Å²) in [6, 6.07) is 12.3. The standard InChI is InChI=1S/C19H13Cl3N4O/c1-11-16-9-23-26(15-4-2-3-13(20)7-15)18(16)19(27)25(24-11)10-12-5-6-14(21)8-17(12)22/h2-9H,10H2,1H3. The number of benzene rings is 2. The zero-order valence-corrected chi connectivity index (χ0v) is 16.4. The second kappa shape index (κ2) is 7.00. The SMILES string of the molecule is Cc1nn(Cc2ccc(Cl)cc2Cl)c(=O)c2c1cnn2-c1cccc(Cl)c1. The fraction of sp³-hybridized carbons (Fsp3) is 0.105. The summed E-state index contributed by atoms with van der Waals surface area (Å²) in [5.41, 5.74) is 2.33. The van der Waals surface area contributed by atoms with Crippen molar-refractivity contribution in [3.63, 3.8) is 0 Å². The van der Waals surface area contributed by atoms with Crippen LogP contribution >= 0.6 is 34.8 Å². The van der Waals surface area contributed by atoms with Gasteiger partial charge in [0.1, 0.15) is 5.52 Å². The second-order valence-corrected chi connectivity index (χ2v) is 7.36. The van der Waals surface area contributed by atoms with Crippen molar-refractivity contribution in [2.24, 2.45) is 0 Å². The molecule has 136 valence electrons. The molecule has 0 atom stereocenters. The van der Waals surface area contributed by atoms with E-state index >= 15 is 0 Å². The molecule has 2 aromatic carbocycles. The molecule has 2 aromatic heterocycles. The normalized spacial score (nSPS) is 11.3. The van der Waals surface area contributed by atoms with E-state index in [9.17, 15) is 4.79 Å². The number of nitrogens with zero attached hydrogens (tertiary/aromatic N) is 4. The Kier molecular flexibility index (Phi) is 4.68. The van der Waals surface area contributed by atoms with Crippen LogP contribution in [-0.2, 0) is 6.54 Å². The fourth-order valence-electron chi connectivity index (χ4n) is 2.94. The van der Waals surface area contributed by atoms with Crippen LogP contribution in [0.1, 0.15) is 11.3 Å². The third-order valence-electron chi connectivity index (χ3n) is 4.25. The number of hydrogen-bond acceptors (Lipinski definition) is 3. The summed E-state index contributed by atoms with van der Waals surface area (Å²) in [5, 5.41) is 11.1. The molecule has 0 radical (unpaired) electrons. The Morgan fingerprint density at radius 2 is 1.81 bits per heavy atom. The summed E-state index contributed by atoms with van der Waals surface area (Å²) in [7, 11) is 0. The predicted molar refractivity (Wildman–Crippen MR) is 108 cm³/mol. The Balaban J connectivity index is 1.89. The number of halogens is 3. The van der Waals surface area contributed by atoms with Crippen molar-refractivity contribution in [1.29, 1.82) is 0 Å². The lowest BCUT2D eigenvalue weighted by atomic mass is 10.2. The minimum absolute atomic E-state index is 0.229. The van der Waals surface area contributed by atoms with E-state index in [0.29, 0.717) is 37.4 Å². The maximum atomic E-state index is 13.1. The molecule has 4 aromatic rings. The molecule has 0 aliphatic heterocycles. The number of fused-ring (bicyclic) bond motifs is 1. The van der Waals surface area contributed by atoms with Gasteiger partial charge in [-0.05, 0) is 42.8 Å². The highest BCUT2D eigenvalue weighted by Crippen LogP contribution is 2.23. The summed E-state index contributed by atoms with van der Waals surface area (Å²) in [5.74, 6) is 0. The second-order valence-electron chi connectivity index (χ2n) is 6.08. The third-order valence-corrected chi connectivity index (χ3v) is 5.08. The molecule has 0 saturated heterocycles. The fourth-order valence-corrected chi connectivity index (χ4v) is 3.60. The Labute approximate surface area is 169 Å². The van der Waals surface area contributed by atoms with E-state index in [1.807, 2.05) is 19.1 Å². The first-order valence-corrected chi connectivity index (χ1v) is 9.23. The first kappa shape index (κ1) is 18.0. The van der Waals surface area contributed by atoms with Crippen LogP contribution in [0.4, 0.5) is 0 Å². The van der Waals surface area contributed by atoms with Crippen LogP contribution in [0, 0.1) is 6.92 Å². The molecule has 27 heavy (non-hydrogen) atoms. The van der Waals surface area contributed by atoms with Crippen LogP contribution < -0.4 is 5.56 Å². The molecule has 0 unspecified atom stereocenters. The summed E-state index contributed by atoms with van der Waals surface area (Å²) >= 11 is 18.3. The summed E-state index contributed by atoms with van der Waals surface area (Å²) < 4.78 is 2.97. The monoisotopic (exact) mass is 418 g/mol. The number of aromatic nitrogens is 4. The van der Waals surface area contributed by atoms with E-state index in [4.69, 9.17) is 34.8 Å². The van der Waals surface area contributed by atoms with E-state index in [0.717, 1.165) is 5.56 Å². The molecule has 2 heterocycles. The topological polar surface area (TPSA) is 52.7 Å². The zero-order chi connectivity index (χ0) is 19.1. The summed E-state index contributed by atoms with van der Waals surface area (Å²) in [6.45, 7) is 2.07. The molecule has 0 aliphatic rings. The highest BCUT2D eigenvalue weighted by Gasteiger charge is 2.16. The van der Waals surface area contributed by atoms with Gasteiger partial charge in [-0.25, -0.2) is 9.36 Å². The van der Waals surface area contributed by atoms with E-state index in [2.05, 4.69) is 10.2 Å². The molecule has 4 rings (SSSR count). The highest BCUT2D eigenvalue weighted by molar-refractivity contribution is 6.35. The Morgan fingerprint density at radius 1 is 1.04 bits per heavy atom. The van der Waals surface area contributed by atoms with Gasteiger partial charge in [0.05, 0.1) is 24.1 Å². The van der Waals surface area contributed by atoms with E-state index < -0.39 is 0 Å². The molecule has 0 aliphatic carbocycles. The van der Waals surface area contributed by atoms with Gasteiger partial charge in [-0.2, -0.15) is 10.2 Å².